The number of methoxy groups -OCH3 is 1. The number of nitrogens with two attached hydrogens (primary N) is 1. The van der Waals surface area contributed by atoms with E-state index in [2.05, 4.69) is 0 Å². The number of anilines is 1. The third kappa shape index (κ3) is 1.94. The van der Waals surface area contributed by atoms with Crippen LogP contribution in [0.25, 0.3) is 0 Å². The van der Waals surface area contributed by atoms with Gasteiger partial charge >= 0.3 is 0 Å². The Morgan fingerprint density at radius 3 is 3.06 bits per heavy atom. The highest BCUT2D eigenvalue weighted by molar-refractivity contribution is 5.95. The predicted molar refractivity (Wildman–Crippen MR) is 62.2 cm³/mol. The lowest BCUT2D eigenvalue weighted by Crippen LogP contribution is -2.40. The van der Waals surface area contributed by atoms with Crippen LogP contribution in [0.4, 0.5) is 5.69 Å². The summed E-state index contributed by atoms with van der Waals surface area (Å²) in [5.41, 5.74) is 7.97. The molecule has 1 amide bonds. The van der Waals surface area contributed by atoms with E-state index in [0.717, 1.165) is 17.7 Å². The van der Waals surface area contributed by atoms with Crippen molar-refractivity contribution < 1.29 is 9.53 Å². The van der Waals surface area contributed by atoms with Crippen molar-refractivity contribution in [2.75, 3.05) is 25.2 Å². The van der Waals surface area contributed by atoms with Gasteiger partial charge in [0.2, 0.25) is 0 Å². The van der Waals surface area contributed by atoms with Crippen LogP contribution in [0.3, 0.4) is 0 Å². The van der Waals surface area contributed by atoms with Crippen molar-refractivity contribution in [2.24, 2.45) is 5.73 Å². The summed E-state index contributed by atoms with van der Waals surface area (Å²) in [7, 11) is 1.53. The van der Waals surface area contributed by atoms with Gasteiger partial charge in [0.25, 0.3) is 5.91 Å². The van der Waals surface area contributed by atoms with Gasteiger partial charge in [0.15, 0.2) is 0 Å². The first-order chi connectivity index (χ1) is 7.74. The lowest BCUT2D eigenvalue weighted by atomic mass is 9.97. The van der Waals surface area contributed by atoms with Crippen molar-refractivity contribution in [3.8, 4) is 0 Å². The van der Waals surface area contributed by atoms with Gasteiger partial charge in [-0.05, 0) is 18.1 Å². The van der Waals surface area contributed by atoms with E-state index in [4.69, 9.17) is 10.5 Å². The molecule has 0 aliphatic carbocycles. The molecule has 1 aromatic rings. The van der Waals surface area contributed by atoms with Gasteiger partial charge in [-0.25, -0.2) is 0 Å². The van der Waals surface area contributed by atoms with E-state index in [1.807, 2.05) is 24.3 Å². The lowest BCUT2D eigenvalue weighted by Gasteiger charge is -2.32. The molecule has 1 unspecified atom stereocenters. The second-order valence-electron chi connectivity index (χ2n) is 3.93. The summed E-state index contributed by atoms with van der Waals surface area (Å²) >= 11 is 0. The number of benzene rings is 1. The topological polar surface area (TPSA) is 55.6 Å². The molecule has 0 fully saturated rings. The Morgan fingerprint density at radius 1 is 1.56 bits per heavy atom. The zero-order valence-corrected chi connectivity index (χ0v) is 9.35. The first-order valence-corrected chi connectivity index (χ1v) is 5.38. The molecule has 0 spiro atoms. The van der Waals surface area contributed by atoms with Gasteiger partial charge in [0.05, 0.1) is 0 Å². The van der Waals surface area contributed by atoms with Crippen LogP contribution in [0.5, 0.6) is 0 Å². The number of nitrogens with zero attached hydrogens (tertiary/aromatic N) is 1. The third-order valence-corrected chi connectivity index (χ3v) is 2.86. The molecule has 4 heteroatoms. The molecule has 1 heterocycles. The summed E-state index contributed by atoms with van der Waals surface area (Å²) in [5.74, 6) is -0.0122. The number of carbonyl (C=O) groups excluding carboxylic acids is 1. The molecule has 2 rings (SSSR count). The number of ether oxygens (including phenoxy) is 1. The standard InChI is InChI=1S/C12H16N2O2/c1-16-8-12(15)14-7-6-10(13)9-4-2-3-5-11(9)14/h2-5,10H,6-8,13H2,1H3. The van der Waals surface area contributed by atoms with Crippen LogP contribution in [-0.4, -0.2) is 26.2 Å². The summed E-state index contributed by atoms with van der Waals surface area (Å²) in [6.07, 6.45) is 0.798. The van der Waals surface area contributed by atoms with Crippen LogP contribution < -0.4 is 10.6 Å². The Balaban J connectivity index is 2.31. The van der Waals surface area contributed by atoms with Crippen molar-refractivity contribution in [3.05, 3.63) is 29.8 Å². The molecule has 16 heavy (non-hydrogen) atoms. The Labute approximate surface area is 95.0 Å². The molecule has 4 nitrogen and oxygen atoms in total. The smallest absolute Gasteiger partial charge is 0.252 e. The van der Waals surface area contributed by atoms with Crippen molar-refractivity contribution in [3.63, 3.8) is 0 Å². The molecule has 1 atom stereocenters. The van der Waals surface area contributed by atoms with Crippen LogP contribution in [0, 0.1) is 0 Å². The highest BCUT2D eigenvalue weighted by atomic mass is 16.5. The SMILES string of the molecule is COCC(=O)N1CCC(N)c2ccccc21. The molecule has 86 valence electrons. The van der Waals surface area contributed by atoms with Crippen LogP contribution in [0.1, 0.15) is 18.0 Å². The maximum absolute atomic E-state index is 11.8. The van der Waals surface area contributed by atoms with Gasteiger partial charge < -0.3 is 15.4 Å². The average Bonchev–Trinajstić information content (AvgIpc) is 2.30. The molecule has 1 aliphatic heterocycles. The van der Waals surface area contributed by atoms with E-state index in [1.54, 1.807) is 4.90 Å². The van der Waals surface area contributed by atoms with Gasteiger partial charge in [-0.1, -0.05) is 18.2 Å². The van der Waals surface area contributed by atoms with E-state index in [0.29, 0.717) is 6.54 Å². The number of fused-ring (bicyclic) bond motifs is 1. The van der Waals surface area contributed by atoms with Gasteiger partial charge in [-0.3, -0.25) is 4.79 Å². The highest BCUT2D eigenvalue weighted by Gasteiger charge is 2.25. The molecule has 0 saturated carbocycles. The maximum atomic E-state index is 11.8. The highest BCUT2D eigenvalue weighted by Crippen LogP contribution is 2.31. The molecular formula is C12H16N2O2. The Hall–Kier alpha value is -1.39. The van der Waals surface area contributed by atoms with Crippen LogP contribution >= 0.6 is 0 Å². The molecule has 0 aromatic heterocycles. The molecule has 1 aromatic carbocycles. The number of rotatable bonds is 2. The second-order valence-corrected chi connectivity index (χ2v) is 3.93. The Morgan fingerprint density at radius 2 is 2.31 bits per heavy atom. The van der Waals surface area contributed by atoms with E-state index in [1.165, 1.54) is 7.11 Å². The predicted octanol–water partition coefficient (Wildman–Crippen LogP) is 1.07. The van der Waals surface area contributed by atoms with Crippen LogP contribution in [0.15, 0.2) is 24.3 Å². The van der Waals surface area contributed by atoms with Gasteiger partial charge in [-0.2, -0.15) is 0 Å². The van der Waals surface area contributed by atoms with Gasteiger partial charge in [-0.15, -0.1) is 0 Å². The average molecular weight is 220 g/mol. The van der Waals surface area contributed by atoms with E-state index < -0.39 is 0 Å². The largest absolute Gasteiger partial charge is 0.375 e. The summed E-state index contributed by atoms with van der Waals surface area (Å²) < 4.78 is 4.88. The number of amides is 1. The minimum atomic E-state index is -0.0122. The minimum absolute atomic E-state index is 0.0122. The van der Waals surface area contributed by atoms with E-state index in [-0.39, 0.29) is 18.6 Å². The molecule has 0 saturated heterocycles. The number of hydrogen-bond acceptors (Lipinski definition) is 3. The van der Waals surface area contributed by atoms with Gasteiger partial charge in [0.1, 0.15) is 6.61 Å². The number of carbonyl (C=O) groups is 1. The summed E-state index contributed by atoms with van der Waals surface area (Å²) in [6.45, 7) is 0.782. The van der Waals surface area contributed by atoms with E-state index >= 15 is 0 Å². The summed E-state index contributed by atoms with van der Waals surface area (Å²) in [5, 5.41) is 0. The first kappa shape index (κ1) is 11.1. The first-order valence-electron chi connectivity index (χ1n) is 5.38. The van der Waals surface area contributed by atoms with Crippen molar-refractivity contribution >= 4 is 11.6 Å². The summed E-state index contributed by atoms with van der Waals surface area (Å²) in [6, 6.07) is 7.81. The van der Waals surface area contributed by atoms with Crippen molar-refractivity contribution in [1.29, 1.82) is 0 Å². The Kier molecular flexibility index (Phi) is 3.22. The van der Waals surface area contributed by atoms with Crippen LogP contribution in [-0.2, 0) is 9.53 Å². The zero-order valence-electron chi connectivity index (χ0n) is 9.35. The molecule has 0 radical (unpaired) electrons. The molecule has 0 bridgehead atoms. The second kappa shape index (κ2) is 4.63. The Bertz CT molecular complexity index is 392. The fourth-order valence-electron chi connectivity index (χ4n) is 2.05. The van der Waals surface area contributed by atoms with Crippen molar-refractivity contribution in [2.45, 2.75) is 12.5 Å². The number of hydrogen-bond donors (Lipinski definition) is 1. The van der Waals surface area contributed by atoms with Crippen molar-refractivity contribution in [1.82, 2.24) is 0 Å². The zero-order chi connectivity index (χ0) is 11.5. The fraction of sp³-hybridized carbons (Fsp3) is 0.417. The fourth-order valence-corrected chi connectivity index (χ4v) is 2.05. The maximum Gasteiger partial charge on any atom is 0.252 e. The van der Waals surface area contributed by atoms with Crippen LogP contribution in [0.2, 0.25) is 0 Å². The lowest BCUT2D eigenvalue weighted by molar-refractivity contribution is -0.122. The monoisotopic (exact) mass is 220 g/mol. The third-order valence-electron chi connectivity index (χ3n) is 2.86. The molecular weight excluding hydrogens is 204 g/mol. The molecule has 1 aliphatic rings. The molecule has 2 N–H and O–H groups in total. The number of para-hydroxylation sites is 1. The van der Waals surface area contributed by atoms with E-state index in [9.17, 15) is 4.79 Å². The van der Waals surface area contributed by atoms with Gasteiger partial charge in [0, 0.05) is 25.4 Å². The summed E-state index contributed by atoms with van der Waals surface area (Å²) in [4.78, 5) is 13.6. The normalized spacial score (nSPS) is 19.4. The minimum Gasteiger partial charge on any atom is -0.375 e. The quantitative estimate of drug-likeness (QED) is 0.811.